The van der Waals surface area contributed by atoms with Gasteiger partial charge in [0, 0.05) is 23.5 Å². The molecule has 7 heteroatoms. The molecule has 1 fully saturated rings. The fraction of sp³-hybridized carbons (Fsp3) is 0.438. The van der Waals surface area contributed by atoms with Crippen molar-refractivity contribution >= 4 is 27.5 Å². The van der Waals surface area contributed by atoms with E-state index in [1.807, 2.05) is 38.2 Å². The van der Waals surface area contributed by atoms with Crippen molar-refractivity contribution in [3.8, 4) is 0 Å². The van der Waals surface area contributed by atoms with E-state index in [-0.39, 0.29) is 17.9 Å². The lowest BCUT2D eigenvalue weighted by Crippen LogP contribution is -2.26. The van der Waals surface area contributed by atoms with E-state index in [0.29, 0.717) is 31.1 Å². The molecular weight excluding hydrogens is 360 g/mol. The van der Waals surface area contributed by atoms with Crippen molar-refractivity contribution < 1.29 is 9.32 Å². The molecule has 3 rings (SSSR count). The molecule has 1 aliphatic rings. The van der Waals surface area contributed by atoms with Crippen molar-refractivity contribution in [3.05, 3.63) is 40.5 Å². The summed E-state index contributed by atoms with van der Waals surface area (Å²) in [6, 6.07) is 7.97. The van der Waals surface area contributed by atoms with E-state index in [1.54, 1.807) is 4.90 Å². The fourth-order valence-corrected chi connectivity index (χ4v) is 3.19. The summed E-state index contributed by atoms with van der Waals surface area (Å²) in [5.74, 6) is 0.707. The number of rotatable bonds is 5. The average Bonchev–Trinajstić information content (AvgIpc) is 3.14. The molecule has 1 aromatic heterocycles. The number of para-hydroxylation sites is 1. The summed E-state index contributed by atoms with van der Waals surface area (Å²) in [4.78, 5) is 18.9. The molecule has 1 amide bonds. The number of amides is 1. The summed E-state index contributed by atoms with van der Waals surface area (Å²) in [6.07, 6.45) is 1.36. The predicted octanol–water partition coefficient (Wildman–Crippen LogP) is 2.50. The second-order valence-electron chi connectivity index (χ2n) is 5.73. The number of halogens is 1. The molecule has 2 unspecified atom stereocenters. The minimum absolute atomic E-state index is 0.00812. The van der Waals surface area contributed by atoms with Crippen LogP contribution in [0, 0.1) is 0 Å². The number of anilines is 1. The Hall–Kier alpha value is -1.73. The molecule has 23 heavy (non-hydrogen) atoms. The van der Waals surface area contributed by atoms with Gasteiger partial charge in [-0.15, -0.1) is 0 Å². The molecule has 2 aromatic rings. The highest BCUT2D eigenvalue weighted by Crippen LogP contribution is 2.34. The van der Waals surface area contributed by atoms with Gasteiger partial charge in [-0.2, -0.15) is 4.98 Å². The first kappa shape index (κ1) is 16.1. The summed E-state index contributed by atoms with van der Waals surface area (Å²) < 4.78 is 6.24. The molecule has 1 N–H and O–H groups in total. The van der Waals surface area contributed by atoms with Crippen LogP contribution in [0.5, 0.6) is 0 Å². The zero-order valence-electron chi connectivity index (χ0n) is 13.1. The van der Waals surface area contributed by atoms with Crippen LogP contribution >= 0.6 is 15.9 Å². The van der Waals surface area contributed by atoms with Gasteiger partial charge in [-0.1, -0.05) is 17.3 Å². The van der Waals surface area contributed by atoms with E-state index in [1.165, 1.54) is 0 Å². The predicted molar refractivity (Wildman–Crippen MR) is 90.4 cm³/mol. The molecule has 0 aliphatic carbocycles. The number of carbonyl (C=O) groups is 1. The van der Waals surface area contributed by atoms with Crippen LogP contribution in [0.25, 0.3) is 0 Å². The van der Waals surface area contributed by atoms with Gasteiger partial charge in [0.15, 0.2) is 5.82 Å². The Labute approximate surface area is 143 Å². The Kier molecular flexibility index (Phi) is 4.77. The Morgan fingerprint density at radius 1 is 1.48 bits per heavy atom. The zero-order chi connectivity index (χ0) is 16.4. The molecule has 2 heterocycles. The van der Waals surface area contributed by atoms with E-state index < -0.39 is 0 Å². The number of nitrogens with zero attached hydrogens (tertiary/aromatic N) is 3. The van der Waals surface area contributed by atoms with Gasteiger partial charge in [0.05, 0.1) is 5.69 Å². The Bertz CT molecular complexity index is 703. The first-order chi connectivity index (χ1) is 11.1. The molecule has 2 atom stereocenters. The molecule has 1 saturated heterocycles. The number of nitrogens with one attached hydrogen (secondary N) is 1. The molecule has 0 spiro atoms. The van der Waals surface area contributed by atoms with Gasteiger partial charge >= 0.3 is 0 Å². The number of likely N-dealkylation sites (N-methyl/N-ethyl adjacent to an activating group) is 1. The molecule has 0 bridgehead atoms. The van der Waals surface area contributed by atoms with Crippen LogP contribution in [0.15, 0.2) is 33.3 Å². The molecule has 6 nitrogen and oxygen atoms in total. The minimum atomic E-state index is -0.353. The third-order valence-electron chi connectivity index (χ3n) is 4.11. The zero-order valence-corrected chi connectivity index (χ0v) is 14.7. The van der Waals surface area contributed by atoms with E-state index in [0.717, 1.165) is 10.2 Å². The largest absolute Gasteiger partial charge is 0.338 e. The van der Waals surface area contributed by atoms with E-state index >= 15 is 0 Å². The van der Waals surface area contributed by atoms with Crippen LogP contribution in [0.3, 0.4) is 0 Å². The quantitative estimate of drug-likeness (QED) is 0.865. The third kappa shape index (κ3) is 3.30. The molecule has 0 radical (unpaired) electrons. The third-order valence-corrected chi connectivity index (χ3v) is 4.78. The van der Waals surface area contributed by atoms with Gasteiger partial charge < -0.3 is 14.7 Å². The summed E-state index contributed by atoms with van der Waals surface area (Å²) in [6.45, 7) is 2.70. The maximum Gasteiger partial charge on any atom is 0.239 e. The maximum absolute atomic E-state index is 12.7. The highest BCUT2D eigenvalue weighted by molar-refractivity contribution is 9.10. The molecule has 0 saturated carbocycles. The van der Waals surface area contributed by atoms with Crippen LogP contribution in [-0.4, -0.2) is 35.7 Å². The molecule has 1 aromatic carbocycles. The smallest absolute Gasteiger partial charge is 0.239 e. The lowest BCUT2D eigenvalue weighted by Gasteiger charge is -2.17. The number of hydrogen-bond donors (Lipinski definition) is 1. The van der Waals surface area contributed by atoms with Crippen LogP contribution in [0.4, 0.5) is 5.69 Å². The first-order valence-electron chi connectivity index (χ1n) is 7.65. The average molecular weight is 379 g/mol. The van der Waals surface area contributed by atoms with Crippen molar-refractivity contribution in [2.45, 2.75) is 31.7 Å². The Morgan fingerprint density at radius 2 is 2.26 bits per heavy atom. The van der Waals surface area contributed by atoms with Gasteiger partial charge in [-0.05, 0) is 48.5 Å². The second-order valence-corrected chi connectivity index (χ2v) is 6.58. The standard InChI is InChI=1S/C16H19BrN4O2/c1-10(18-2)9-14-19-15(23-20-14)11-7-8-21(16(11)22)13-6-4-3-5-12(13)17/h3-6,10-11,18H,7-9H2,1-2H3. The lowest BCUT2D eigenvalue weighted by atomic mass is 10.1. The SMILES string of the molecule is CNC(C)Cc1noc(C2CCN(c3ccccc3Br)C2=O)n1. The van der Waals surface area contributed by atoms with Crippen molar-refractivity contribution in [2.75, 3.05) is 18.5 Å². The lowest BCUT2D eigenvalue weighted by molar-refractivity contribution is -0.118. The van der Waals surface area contributed by atoms with Crippen molar-refractivity contribution in [2.24, 2.45) is 0 Å². The summed E-state index contributed by atoms with van der Waals surface area (Å²) in [5, 5.41) is 7.13. The monoisotopic (exact) mass is 378 g/mol. The van der Waals surface area contributed by atoms with Gasteiger partial charge in [0.25, 0.3) is 0 Å². The highest BCUT2D eigenvalue weighted by Gasteiger charge is 2.38. The van der Waals surface area contributed by atoms with Crippen molar-refractivity contribution in [1.82, 2.24) is 15.5 Å². The maximum atomic E-state index is 12.7. The van der Waals surface area contributed by atoms with E-state index in [9.17, 15) is 4.79 Å². The van der Waals surface area contributed by atoms with E-state index in [2.05, 4.69) is 31.4 Å². The molecule has 122 valence electrons. The fourth-order valence-electron chi connectivity index (χ4n) is 2.69. The molecular formula is C16H19BrN4O2. The Morgan fingerprint density at radius 3 is 3.00 bits per heavy atom. The van der Waals surface area contributed by atoms with Crippen LogP contribution < -0.4 is 10.2 Å². The summed E-state index contributed by atoms with van der Waals surface area (Å²) >= 11 is 3.50. The van der Waals surface area contributed by atoms with Crippen molar-refractivity contribution in [1.29, 1.82) is 0 Å². The minimum Gasteiger partial charge on any atom is -0.338 e. The second kappa shape index (κ2) is 6.80. The Balaban J connectivity index is 1.76. The van der Waals surface area contributed by atoms with E-state index in [4.69, 9.17) is 4.52 Å². The topological polar surface area (TPSA) is 71.3 Å². The van der Waals surface area contributed by atoms with Crippen LogP contribution in [0.2, 0.25) is 0 Å². The summed E-state index contributed by atoms with van der Waals surface area (Å²) in [7, 11) is 1.89. The van der Waals surface area contributed by atoms with Crippen molar-refractivity contribution in [3.63, 3.8) is 0 Å². The normalized spacial score (nSPS) is 19.3. The number of carbonyl (C=O) groups excluding carboxylic acids is 1. The van der Waals surface area contributed by atoms with Gasteiger partial charge in [-0.3, -0.25) is 4.79 Å². The number of hydrogen-bond acceptors (Lipinski definition) is 5. The number of aromatic nitrogens is 2. The number of benzene rings is 1. The summed E-state index contributed by atoms with van der Waals surface area (Å²) in [5.41, 5.74) is 0.878. The van der Waals surface area contributed by atoms with Crippen LogP contribution in [0.1, 0.15) is 31.0 Å². The molecule has 1 aliphatic heterocycles. The highest BCUT2D eigenvalue weighted by atomic mass is 79.9. The van der Waals surface area contributed by atoms with Gasteiger partial charge in [0.1, 0.15) is 5.92 Å². The first-order valence-corrected chi connectivity index (χ1v) is 8.45. The van der Waals surface area contributed by atoms with Gasteiger partial charge in [0.2, 0.25) is 11.8 Å². The van der Waals surface area contributed by atoms with Crippen LogP contribution in [-0.2, 0) is 11.2 Å². The van der Waals surface area contributed by atoms with Gasteiger partial charge in [-0.25, -0.2) is 0 Å².